The van der Waals surface area contributed by atoms with Crippen molar-refractivity contribution in [3.05, 3.63) is 0 Å². The Labute approximate surface area is 88.3 Å². The first-order chi connectivity index (χ1) is 6.69. The fraction of sp³-hybridized carbons (Fsp3) is 1.00. The Hall–Kier alpha value is -0.0800. The number of fused-ring (bicyclic) bond motifs is 1. The highest BCUT2D eigenvalue weighted by Gasteiger charge is 2.48. The summed E-state index contributed by atoms with van der Waals surface area (Å²) in [7, 11) is 4.61. The van der Waals surface area contributed by atoms with Crippen molar-refractivity contribution in [2.24, 2.45) is 11.8 Å². The summed E-state index contributed by atoms with van der Waals surface area (Å²) >= 11 is 0. The van der Waals surface area contributed by atoms with Gasteiger partial charge < -0.3 is 4.90 Å². The monoisotopic (exact) mass is 196 g/mol. The molecule has 0 aromatic heterocycles. The van der Waals surface area contributed by atoms with Crippen molar-refractivity contribution >= 4 is 0 Å². The standard InChI is InChI=1S/C12H24N2/c1-5-11-9-7-13(3)8-10(9)12(6-2)14(11)4/h9-12H,5-8H2,1-4H3/t9-,10+,11+,12-. The molecular weight excluding hydrogens is 172 g/mol. The van der Waals surface area contributed by atoms with Gasteiger partial charge in [-0.2, -0.15) is 0 Å². The zero-order valence-electron chi connectivity index (χ0n) is 10.0. The lowest BCUT2D eigenvalue weighted by molar-refractivity contribution is 0.182. The molecule has 0 radical (unpaired) electrons. The number of nitrogens with zero attached hydrogens (tertiary/aromatic N) is 2. The van der Waals surface area contributed by atoms with Crippen molar-refractivity contribution in [2.75, 3.05) is 27.2 Å². The van der Waals surface area contributed by atoms with E-state index in [0.717, 1.165) is 23.9 Å². The highest BCUT2D eigenvalue weighted by atomic mass is 15.3. The van der Waals surface area contributed by atoms with Crippen LogP contribution in [-0.4, -0.2) is 49.1 Å². The van der Waals surface area contributed by atoms with Gasteiger partial charge in [0.25, 0.3) is 0 Å². The molecule has 14 heavy (non-hydrogen) atoms. The summed E-state index contributed by atoms with van der Waals surface area (Å²) in [6.45, 7) is 7.33. The van der Waals surface area contributed by atoms with Gasteiger partial charge in [-0.05, 0) is 38.8 Å². The Balaban J connectivity index is 2.16. The van der Waals surface area contributed by atoms with Gasteiger partial charge in [0.2, 0.25) is 0 Å². The molecular formula is C12H24N2. The van der Waals surface area contributed by atoms with Gasteiger partial charge >= 0.3 is 0 Å². The molecule has 0 spiro atoms. The molecule has 2 nitrogen and oxygen atoms in total. The second-order valence-corrected chi connectivity index (χ2v) is 5.17. The Morgan fingerprint density at radius 2 is 1.36 bits per heavy atom. The zero-order chi connectivity index (χ0) is 10.3. The Kier molecular flexibility index (Phi) is 2.85. The summed E-state index contributed by atoms with van der Waals surface area (Å²) in [5, 5.41) is 0. The summed E-state index contributed by atoms with van der Waals surface area (Å²) in [6, 6.07) is 1.68. The maximum absolute atomic E-state index is 2.66. The molecule has 2 aliphatic rings. The van der Waals surface area contributed by atoms with Crippen LogP contribution in [0, 0.1) is 11.8 Å². The van der Waals surface area contributed by atoms with Crippen molar-refractivity contribution in [1.29, 1.82) is 0 Å². The third-order valence-corrected chi connectivity index (χ3v) is 4.47. The number of likely N-dealkylation sites (tertiary alicyclic amines) is 2. The SMILES string of the molecule is CC[C@@H]1[C@H]2CN(C)C[C@H]2[C@H](CC)N1C. The molecule has 0 amide bonds. The lowest BCUT2D eigenvalue weighted by Gasteiger charge is -2.28. The molecule has 0 aromatic carbocycles. The first-order valence-electron chi connectivity index (χ1n) is 6.09. The Morgan fingerprint density at radius 1 is 0.929 bits per heavy atom. The Morgan fingerprint density at radius 3 is 1.71 bits per heavy atom. The van der Waals surface area contributed by atoms with E-state index in [1.54, 1.807) is 0 Å². The van der Waals surface area contributed by atoms with Crippen LogP contribution in [-0.2, 0) is 0 Å². The average Bonchev–Trinajstić information content (AvgIpc) is 2.59. The lowest BCUT2D eigenvalue weighted by atomic mass is 9.89. The van der Waals surface area contributed by atoms with Gasteiger partial charge in [-0.25, -0.2) is 0 Å². The van der Waals surface area contributed by atoms with Crippen LogP contribution in [0.4, 0.5) is 0 Å². The second-order valence-electron chi connectivity index (χ2n) is 5.17. The van der Waals surface area contributed by atoms with E-state index < -0.39 is 0 Å². The summed E-state index contributed by atoms with van der Waals surface area (Å²) in [6.07, 6.45) is 2.64. The van der Waals surface area contributed by atoms with E-state index in [2.05, 4.69) is 37.7 Å². The number of hydrogen-bond acceptors (Lipinski definition) is 2. The maximum atomic E-state index is 2.66. The first-order valence-corrected chi connectivity index (χ1v) is 6.09. The minimum atomic E-state index is 0.842. The van der Waals surface area contributed by atoms with E-state index in [-0.39, 0.29) is 0 Å². The van der Waals surface area contributed by atoms with Crippen LogP contribution in [0.1, 0.15) is 26.7 Å². The molecule has 4 atom stereocenters. The minimum absolute atomic E-state index is 0.842. The van der Waals surface area contributed by atoms with Gasteiger partial charge in [-0.1, -0.05) is 13.8 Å². The van der Waals surface area contributed by atoms with Gasteiger partial charge in [0.1, 0.15) is 0 Å². The number of rotatable bonds is 2. The fourth-order valence-corrected chi connectivity index (χ4v) is 3.91. The molecule has 2 rings (SSSR count). The molecule has 0 N–H and O–H groups in total. The van der Waals surface area contributed by atoms with Crippen LogP contribution < -0.4 is 0 Å². The van der Waals surface area contributed by atoms with E-state index in [0.29, 0.717) is 0 Å². The van der Waals surface area contributed by atoms with E-state index in [1.165, 1.54) is 25.9 Å². The summed E-state index contributed by atoms with van der Waals surface area (Å²) in [5.74, 6) is 1.89. The van der Waals surface area contributed by atoms with Crippen LogP contribution in [0.3, 0.4) is 0 Å². The molecule has 2 aliphatic heterocycles. The highest BCUT2D eigenvalue weighted by molar-refractivity contribution is 5.02. The molecule has 0 unspecified atom stereocenters. The molecule has 82 valence electrons. The van der Waals surface area contributed by atoms with Crippen molar-refractivity contribution in [3.8, 4) is 0 Å². The van der Waals surface area contributed by atoms with Crippen molar-refractivity contribution in [2.45, 2.75) is 38.8 Å². The second kappa shape index (κ2) is 3.82. The predicted molar refractivity (Wildman–Crippen MR) is 60.4 cm³/mol. The molecule has 0 bridgehead atoms. The molecule has 0 aliphatic carbocycles. The van der Waals surface area contributed by atoms with Gasteiger partial charge in [0.15, 0.2) is 0 Å². The van der Waals surface area contributed by atoms with Crippen molar-refractivity contribution in [3.63, 3.8) is 0 Å². The Bertz CT molecular complexity index is 184. The van der Waals surface area contributed by atoms with Crippen LogP contribution in [0.15, 0.2) is 0 Å². The van der Waals surface area contributed by atoms with Gasteiger partial charge in [0.05, 0.1) is 0 Å². The van der Waals surface area contributed by atoms with Crippen molar-refractivity contribution in [1.82, 2.24) is 9.80 Å². The molecule has 2 saturated heterocycles. The maximum Gasteiger partial charge on any atom is 0.0137 e. The van der Waals surface area contributed by atoms with Crippen molar-refractivity contribution < 1.29 is 0 Å². The fourth-order valence-electron chi connectivity index (χ4n) is 3.91. The molecule has 2 heteroatoms. The molecule has 0 aromatic rings. The minimum Gasteiger partial charge on any atom is -0.306 e. The highest BCUT2D eigenvalue weighted by Crippen LogP contribution is 2.41. The third-order valence-electron chi connectivity index (χ3n) is 4.47. The van der Waals surface area contributed by atoms with Crippen LogP contribution in [0.25, 0.3) is 0 Å². The van der Waals surface area contributed by atoms with Gasteiger partial charge in [-0.15, -0.1) is 0 Å². The third kappa shape index (κ3) is 1.40. The lowest BCUT2D eigenvalue weighted by Crippen LogP contribution is -2.37. The average molecular weight is 196 g/mol. The predicted octanol–water partition coefficient (Wildman–Crippen LogP) is 1.67. The van der Waals surface area contributed by atoms with E-state index in [1.807, 2.05) is 0 Å². The first kappa shape index (κ1) is 10.4. The summed E-state index contributed by atoms with van der Waals surface area (Å²) in [4.78, 5) is 5.18. The zero-order valence-corrected chi connectivity index (χ0v) is 10.0. The quantitative estimate of drug-likeness (QED) is 0.663. The van der Waals surface area contributed by atoms with E-state index in [4.69, 9.17) is 0 Å². The van der Waals surface area contributed by atoms with Crippen LogP contribution >= 0.6 is 0 Å². The van der Waals surface area contributed by atoms with Gasteiger partial charge in [-0.3, -0.25) is 4.90 Å². The smallest absolute Gasteiger partial charge is 0.0137 e. The van der Waals surface area contributed by atoms with E-state index in [9.17, 15) is 0 Å². The van der Waals surface area contributed by atoms with Gasteiger partial charge in [0, 0.05) is 25.2 Å². The topological polar surface area (TPSA) is 6.48 Å². The van der Waals surface area contributed by atoms with Crippen LogP contribution in [0.2, 0.25) is 0 Å². The molecule has 2 fully saturated rings. The largest absolute Gasteiger partial charge is 0.306 e. The summed E-state index contributed by atoms with van der Waals surface area (Å²) in [5.41, 5.74) is 0. The molecule has 2 heterocycles. The summed E-state index contributed by atoms with van der Waals surface area (Å²) < 4.78 is 0. The van der Waals surface area contributed by atoms with Crippen LogP contribution in [0.5, 0.6) is 0 Å². The number of hydrogen-bond donors (Lipinski definition) is 0. The van der Waals surface area contributed by atoms with E-state index >= 15 is 0 Å². The normalized spacial score (nSPS) is 44.6. The molecule has 0 saturated carbocycles.